The molecular formula is C9H14BrNOS2. The lowest BCUT2D eigenvalue weighted by Gasteiger charge is -2.17. The molecule has 2 nitrogen and oxygen atoms in total. The molecule has 1 heterocycles. The monoisotopic (exact) mass is 295 g/mol. The van der Waals surface area contributed by atoms with Crippen molar-refractivity contribution in [2.45, 2.75) is 25.1 Å². The van der Waals surface area contributed by atoms with Crippen molar-refractivity contribution in [2.75, 3.05) is 5.75 Å². The summed E-state index contributed by atoms with van der Waals surface area (Å²) in [7, 11) is -0.874. The van der Waals surface area contributed by atoms with Gasteiger partial charge in [-0.05, 0) is 41.2 Å². The van der Waals surface area contributed by atoms with Crippen LogP contribution in [0.1, 0.15) is 18.7 Å². The number of nitrogens with two attached hydrogens (primary N) is 1. The molecule has 1 rings (SSSR count). The van der Waals surface area contributed by atoms with Crippen LogP contribution in [0, 0.1) is 0 Å². The van der Waals surface area contributed by atoms with Crippen LogP contribution in [0.25, 0.3) is 0 Å². The predicted molar refractivity (Wildman–Crippen MR) is 67.0 cm³/mol. The Hall–Kier alpha value is 0.290. The maximum absolute atomic E-state index is 11.7. The number of hydrogen-bond acceptors (Lipinski definition) is 3. The number of hydrogen-bond donors (Lipinski definition) is 1. The lowest BCUT2D eigenvalue weighted by atomic mass is 10.1. The van der Waals surface area contributed by atoms with Gasteiger partial charge in [0.1, 0.15) is 0 Å². The Morgan fingerprint density at radius 1 is 1.64 bits per heavy atom. The van der Waals surface area contributed by atoms with Crippen molar-refractivity contribution in [1.29, 1.82) is 0 Å². The highest BCUT2D eigenvalue weighted by molar-refractivity contribution is 9.10. The van der Waals surface area contributed by atoms with E-state index in [1.54, 1.807) is 11.3 Å². The minimum atomic E-state index is -0.874. The summed E-state index contributed by atoms with van der Waals surface area (Å²) in [6, 6.07) is 1.98. The molecule has 0 aliphatic carbocycles. The molecule has 1 unspecified atom stereocenters. The van der Waals surface area contributed by atoms with Crippen LogP contribution >= 0.6 is 27.3 Å². The van der Waals surface area contributed by atoms with E-state index in [4.69, 9.17) is 5.73 Å². The second-order valence-corrected chi connectivity index (χ2v) is 7.22. The SMILES string of the molecule is CC(C)(N)CS(=O)Cc1sccc1Br. The highest BCUT2D eigenvalue weighted by Gasteiger charge is 2.16. The van der Waals surface area contributed by atoms with Crippen LogP contribution in [0.3, 0.4) is 0 Å². The number of rotatable bonds is 4. The average Bonchev–Trinajstić information content (AvgIpc) is 2.32. The van der Waals surface area contributed by atoms with Gasteiger partial charge >= 0.3 is 0 Å². The molecule has 0 bridgehead atoms. The molecule has 0 amide bonds. The molecule has 2 N–H and O–H groups in total. The van der Waals surface area contributed by atoms with Crippen LogP contribution < -0.4 is 5.73 Å². The zero-order chi connectivity index (χ0) is 10.8. The molecule has 5 heteroatoms. The molecule has 0 fully saturated rings. The van der Waals surface area contributed by atoms with Gasteiger partial charge in [-0.1, -0.05) is 0 Å². The van der Waals surface area contributed by atoms with Crippen LogP contribution in [0.5, 0.6) is 0 Å². The largest absolute Gasteiger partial charge is 0.325 e. The summed E-state index contributed by atoms with van der Waals surface area (Å²) >= 11 is 5.04. The molecule has 0 saturated heterocycles. The van der Waals surface area contributed by atoms with Gasteiger partial charge in [0.25, 0.3) is 0 Å². The van der Waals surface area contributed by atoms with Crippen LogP contribution in [-0.4, -0.2) is 15.5 Å². The van der Waals surface area contributed by atoms with Gasteiger partial charge in [-0.15, -0.1) is 11.3 Å². The zero-order valence-corrected chi connectivity index (χ0v) is 11.5. The molecule has 0 radical (unpaired) electrons. The Morgan fingerprint density at radius 3 is 2.71 bits per heavy atom. The van der Waals surface area contributed by atoms with E-state index in [0.717, 1.165) is 9.35 Å². The fourth-order valence-electron chi connectivity index (χ4n) is 1.04. The smallest absolute Gasteiger partial charge is 0.0591 e. The molecule has 1 aromatic rings. The van der Waals surface area contributed by atoms with Gasteiger partial charge in [0.05, 0.1) is 5.75 Å². The molecular weight excluding hydrogens is 282 g/mol. The lowest BCUT2D eigenvalue weighted by molar-refractivity contribution is 0.577. The summed E-state index contributed by atoms with van der Waals surface area (Å²) in [5.41, 5.74) is 5.45. The maximum Gasteiger partial charge on any atom is 0.0591 e. The molecule has 0 spiro atoms. The first kappa shape index (κ1) is 12.4. The first-order valence-corrected chi connectivity index (χ1v) is 7.40. The van der Waals surface area contributed by atoms with Gasteiger partial charge in [-0.3, -0.25) is 4.21 Å². The summed E-state index contributed by atoms with van der Waals surface area (Å²) in [4.78, 5) is 1.13. The second kappa shape index (κ2) is 4.88. The van der Waals surface area contributed by atoms with Crippen molar-refractivity contribution in [1.82, 2.24) is 0 Å². The highest BCUT2D eigenvalue weighted by Crippen LogP contribution is 2.24. The van der Waals surface area contributed by atoms with Gasteiger partial charge < -0.3 is 5.73 Å². The zero-order valence-electron chi connectivity index (χ0n) is 8.25. The van der Waals surface area contributed by atoms with Gasteiger partial charge in [0, 0.05) is 31.4 Å². The minimum Gasteiger partial charge on any atom is -0.325 e. The van der Waals surface area contributed by atoms with Crippen molar-refractivity contribution in [2.24, 2.45) is 5.73 Å². The fraction of sp³-hybridized carbons (Fsp3) is 0.556. The third kappa shape index (κ3) is 4.21. The van der Waals surface area contributed by atoms with E-state index in [-0.39, 0.29) is 5.54 Å². The number of thiophene rings is 1. The van der Waals surface area contributed by atoms with E-state index in [1.165, 1.54) is 0 Å². The molecule has 0 saturated carbocycles. The number of halogens is 1. The van der Waals surface area contributed by atoms with Gasteiger partial charge in [-0.2, -0.15) is 0 Å². The molecule has 14 heavy (non-hydrogen) atoms. The Kier molecular flexibility index (Phi) is 4.30. The maximum atomic E-state index is 11.7. The second-order valence-electron chi connectivity index (χ2n) is 3.91. The van der Waals surface area contributed by atoms with E-state index in [1.807, 2.05) is 25.3 Å². The average molecular weight is 296 g/mol. The molecule has 80 valence electrons. The topological polar surface area (TPSA) is 43.1 Å². The Bertz CT molecular complexity index is 330. The van der Waals surface area contributed by atoms with Crippen molar-refractivity contribution >= 4 is 38.1 Å². The van der Waals surface area contributed by atoms with Crippen molar-refractivity contribution < 1.29 is 4.21 Å². The van der Waals surface area contributed by atoms with Gasteiger partial charge in [0.2, 0.25) is 0 Å². The van der Waals surface area contributed by atoms with Crippen molar-refractivity contribution in [3.05, 3.63) is 20.8 Å². The Balaban J connectivity index is 2.54. The van der Waals surface area contributed by atoms with E-state index in [0.29, 0.717) is 11.5 Å². The molecule has 0 aromatic carbocycles. The Labute approximate surface area is 99.5 Å². The summed E-state index contributed by atoms with van der Waals surface area (Å²) in [5.74, 6) is 1.14. The normalized spacial score (nSPS) is 14.3. The molecule has 0 aliphatic heterocycles. The van der Waals surface area contributed by atoms with Gasteiger partial charge in [-0.25, -0.2) is 0 Å². The quantitative estimate of drug-likeness (QED) is 0.927. The minimum absolute atomic E-state index is 0.353. The van der Waals surface area contributed by atoms with Crippen LogP contribution in [0.4, 0.5) is 0 Å². The third-order valence-corrected chi connectivity index (χ3v) is 5.30. The Morgan fingerprint density at radius 2 is 2.29 bits per heavy atom. The van der Waals surface area contributed by atoms with Crippen molar-refractivity contribution in [3.8, 4) is 0 Å². The first-order valence-electron chi connectivity index (χ1n) is 4.24. The van der Waals surface area contributed by atoms with Crippen LogP contribution in [0.15, 0.2) is 15.9 Å². The fourth-order valence-corrected chi connectivity index (χ4v) is 4.55. The van der Waals surface area contributed by atoms with Gasteiger partial charge in [0.15, 0.2) is 0 Å². The van der Waals surface area contributed by atoms with E-state index >= 15 is 0 Å². The van der Waals surface area contributed by atoms with Crippen LogP contribution in [-0.2, 0) is 16.6 Å². The predicted octanol–water partition coefficient (Wildman–Crippen LogP) is 2.50. The summed E-state index contributed by atoms with van der Waals surface area (Å²) in [5, 5.41) is 1.99. The molecule has 1 aromatic heterocycles. The summed E-state index contributed by atoms with van der Waals surface area (Å²) < 4.78 is 12.7. The van der Waals surface area contributed by atoms with E-state index < -0.39 is 10.8 Å². The first-order chi connectivity index (χ1) is 6.38. The summed E-state index contributed by atoms with van der Waals surface area (Å²) in [6.45, 7) is 3.79. The standard InChI is InChI=1S/C9H14BrNOS2/c1-9(2,11)6-14(12)5-8-7(10)3-4-13-8/h3-4H,5-6,11H2,1-2H3. The third-order valence-electron chi connectivity index (χ3n) is 1.52. The molecule has 1 atom stereocenters. The van der Waals surface area contributed by atoms with Crippen molar-refractivity contribution in [3.63, 3.8) is 0 Å². The van der Waals surface area contributed by atoms with E-state index in [9.17, 15) is 4.21 Å². The summed E-state index contributed by atoms with van der Waals surface area (Å²) in [6.07, 6.45) is 0. The van der Waals surface area contributed by atoms with Crippen LogP contribution in [0.2, 0.25) is 0 Å². The highest BCUT2D eigenvalue weighted by atomic mass is 79.9. The lowest BCUT2D eigenvalue weighted by Crippen LogP contribution is -2.38. The molecule has 0 aliphatic rings. The van der Waals surface area contributed by atoms with E-state index in [2.05, 4.69) is 15.9 Å².